The maximum Gasteiger partial charge on any atom is 0.250 e. The van der Waals surface area contributed by atoms with E-state index in [0.717, 1.165) is 31.4 Å². The monoisotopic (exact) mass is 246 g/mol. The molecule has 2 aliphatic rings. The molecule has 96 valence electrons. The largest absolute Gasteiger partial charge is 0.366 e. The lowest BCUT2D eigenvalue weighted by molar-refractivity contribution is 0.1000. The van der Waals surface area contributed by atoms with Crippen LogP contribution in [0.5, 0.6) is 0 Å². The molecule has 1 amide bonds. The van der Waals surface area contributed by atoms with Gasteiger partial charge in [0.25, 0.3) is 0 Å². The number of hydrogen-bond acceptors (Lipinski definition) is 4. The SMILES string of the molecule is CC1C2CNCC2CN1c1ccc(C(N)=O)cn1. The number of nitrogens with zero attached hydrogens (tertiary/aromatic N) is 2. The number of primary amides is 1. The van der Waals surface area contributed by atoms with Crippen LogP contribution < -0.4 is 16.0 Å². The summed E-state index contributed by atoms with van der Waals surface area (Å²) in [7, 11) is 0. The quantitative estimate of drug-likeness (QED) is 0.783. The number of amides is 1. The van der Waals surface area contributed by atoms with Gasteiger partial charge in [-0.05, 0) is 30.9 Å². The van der Waals surface area contributed by atoms with E-state index < -0.39 is 5.91 Å². The van der Waals surface area contributed by atoms with Gasteiger partial charge in [-0.1, -0.05) is 0 Å². The fourth-order valence-corrected chi connectivity index (χ4v) is 3.17. The summed E-state index contributed by atoms with van der Waals surface area (Å²) < 4.78 is 0. The van der Waals surface area contributed by atoms with E-state index in [0.29, 0.717) is 17.5 Å². The number of aromatic nitrogens is 1. The molecule has 2 saturated heterocycles. The van der Waals surface area contributed by atoms with Crippen LogP contribution in [-0.4, -0.2) is 36.6 Å². The molecular formula is C13H18N4O. The van der Waals surface area contributed by atoms with Gasteiger partial charge in [0, 0.05) is 31.9 Å². The summed E-state index contributed by atoms with van der Waals surface area (Å²) in [6, 6.07) is 4.14. The van der Waals surface area contributed by atoms with E-state index in [1.165, 1.54) is 0 Å². The maximum absolute atomic E-state index is 11.0. The number of nitrogens with one attached hydrogen (secondary N) is 1. The van der Waals surface area contributed by atoms with E-state index >= 15 is 0 Å². The molecule has 0 aromatic carbocycles. The molecule has 2 fully saturated rings. The van der Waals surface area contributed by atoms with Gasteiger partial charge in [0.2, 0.25) is 5.91 Å². The van der Waals surface area contributed by atoms with Gasteiger partial charge < -0.3 is 16.0 Å². The molecule has 0 aliphatic carbocycles. The van der Waals surface area contributed by atoms with E-state index in [2.05, 4.69) is 22.1 Å². The molecule has 3 atom stereocenters. The molecule has 18 heavy (non-hydrogen) atoms. The van der Waals surface area contributed by atoms with Crippen LogP contribution in [0.15, 0.2) is 18.3 Å². The summed E-state index contributed by atoms with van der Waals surface area (Å²) in [5.41, 5.74) is 5.68. The van der Waals surface area contributed by atoms with Crippen molar-refractivity contribution >= 4 is 11.7 Å². The van der Waals surface area contributed by atoms with E-state index in [1.54, 1.807) is 12.3 Å². The summed E-state index contributed by atoms with van der Waals surface area (Å²) in [6.45, 7) is 5.50. The predicted molar refractivity (Wildman–Crippen MR) is 69.4 cm³/mol. The van der Waals surface area contributed by atoms with Crippen molar-refractivity contribution in [2.75, 3.05) is 24.5 Å². The average Bonchev–Trinajstić information content (AvgIpc) is 2.93. The fourth-order valence-electron chi connectivity index (χ4n) is 3.17. The molecule has 3 rings (SSSR count). The normalized spacial score (nSPS) is 30.5. The molecule has 3 N–H and O–H groups in total. The average molecular weight is 246 g/mol. The first-order valence-corrected chi connectivity index (χ1v) is 6.40. The zero-order valence-electron chi connectivity index (χ0n) is 10.5. The molecule has 0 spiro atoms. The molecule has 3 heterocycles. The minimum Gasteiger partial charge on any atom is -0.366 e. The van der Waals surface area contributed by atoms with Crippen LogP contribution in [0.4, 0.5) is 5.82 Å². The lowest BCUT2D eigenvalue weighted by Gasteiger charge is -2.25. The van der Waals surface area contributed by atoms with Gasteiger partial charge in [-0.3, -0.25) is 4.79 Å². The summed E-state index contributed by atoms with van der Waals surface area (Å²) in [4.78, 5) is 17.7. The van der Waals surface area contributed by atoms with E-state index in [-0.39, 0.29) is 0 Å². The number of nitrogens with two attached hydrogens (primary N) is 1. The molecule has 0 bridgehead atoms. The van der Waals surface area contributed by atoms with Crippen LogP contribution in [0, 0.1) is 11.8 Å². The van der Waals surface area contributed by atoms with Crippen molar-refractivity contribution in [1.29, 1.82) is 0 Å². The number of fused-ring (bicyclic) bond motifs is 1. The van der Waals surface area contributed by atoms with Gasteiger partial charge in [0.05, 0.1) is 5.56 Å². The lowest BCUT2D eigenvalue weighted by atomic mass is 9.95. The van der Waals surface area contributed by atoms with Gasteiger partial charge in [-0.2, -0.15) is 0 Å². The standard InChI is InChI=1S/C13H18N4O/c1-8-11-6-15-4-10(11)7-17(8)12-3-2-9(5-16-12)13(14)18/h2-3,5,8,10-11,15H,4,6-7H2,1H3,(H2,14,18). The van der Waals surface area contributed by atoms with Crippen molar-refractivity contribution < 1.29 is 4.79 Å². The lowest BCUT2D eigenvalue weighted by Crippen LogP contribution is -2.33. The molecule has 0 radical (unpaired) electrons. The Morgan fingerprint density at radius 1 is 1.50 bits per heavy atom. The predicted octanol–water partition coefficient (Wildman–Crippen LogP) is 0.225. The van der Waals surface area contributed by atoms with Crippen LogP contribution in [0.25, 0.3) is 0 Å². The number of rotatable bonds is 2. The topological polar surface area (TPSA) is 71.2 Å². The Balaban J connectivity index is 1.81. The van der Waals surface area contributed by atoms with Crippen LogP contribution in [0.3, 0.4) is 0 Å². The Morgan fingerprint density at radius 3 is 2.94 bits per heavy atom. The van der Waals surface area contributed by atoms with Crippen molar-refractivity contribution in [1.82, 2.24) is 10.3 Å². The van der Waals surface area contributed by atoms with Crippen LogP contribution in [-0.2, 0) is 0 Å². The zero-order valence-corrected chi connectivity index (χ0v) is 10.5. The highest BCUT2D eigenvalue weighted by molar-refractivity contribution is 5.92. The van der Waals surface area contributed by atoms with Gasteiger partial charge in [0.15, 0.2) is 0 Å². The van der Waals surface area contributed by atoms with Gasteiger partial charge in [0.1, 0.15) is 5.82 Å². The third-order valence-corrected chi connectivity index (χ3v) is 4.26. The highest BCUT2D eigenvalue weighted by Gasteiger charge is 2.42. The minimum absolute atomic E-state index is 0.426. The zero-order chi connectivity index (χ0) is 12.7. The van der Waals surface area contributed by atoms with Crippen molar-refractivity contribution in [3.8, 4) is 0 Å². The van der Waals surface area contributed by atoms with Crippen LogP contribution in [0.1, 0.15) is 17.3 Å². The third kappa shape index (κ3) is 1.75. The Kier molecular flexibility index (Phi) is 2.70. The van der Waals surface area contributed by atoms with Crippen molar-refractivity contribution in [2.24, 2.45) is 17.6 Å². The third-order valence-electron chi connectivity index (χ3n) is 4.26. The number of pyridine rings is 1. The molecular weight excluding hydrogens is 228 g/mol. The number of carbonyl (C=O) groups is 1. The molecule has 0 saturated carbocycles. The molecule has 1 aromatic heterocycles. The van der Waals surface area contributed by atoms with E-state index in [9.17, 15) is 4.79 Å². The molecule has 5 heteroatoms. The summed E-state index contributed by atoms with van der Waals surface area (Å²) in [5.74, 6) is 1.95. The van der Waals surface area contributed by atoms with Crippen molar-refractivity contribution in [2.45, 2.75) is 13.0 Å². The van der Waals surface area contributed by atoms with Gasteiger partial charge in [-0.25, -0.2) is 4.98 Å². The molecule has 1 aromatic rings. The first-order chi connectivity index (χ1) is 8.66. The minimum atomic E-state index is -0.426. The molecule has 2 aliphatic heterocycles. The molecule has 5 nitrogen and oxygen atoms in total. The highest BCUT2D eigenvalue weighted by atomic mass is 16.1. The van der Waals surface area contributed by atoms with Crippen LogP contribution >= 0.6 is 0 Å². The summed E-state index contributed by atoms with van der Waals surface area (Å²) in [6.07, 6.45) is 1.57. The Morgan fingerprint density at radius 2 is 2.33 bits per heavy atom. The highest BCUT2D eigenvalue weighted by Crippen LogP contribution is 2.34. The van der Waals surface area contributed by atoms with Crippen molar-refractivity contribution in [3.05, 3.63) is 23.9 Å². The van der Waals surface area contributed by atoms with E-state index in [1.807, 2.05) is 6.07 Å². The molecule has 3 unspecified atom stereocenters. The van der Waals surface area contributed by atoms with E-state index in [4.69, 9.17) is 5.73 Å². The van der Waals surface area contributed by atoms with Gasteiger partial charge >= 0.3 is 0 Å². The fraction of sp³-hybridized carbons (Fsp3) is 0.538. The first kappa shape index (κ1) is 11.5. The summed E-state index contributed by atoms with van der Waals surface area (Å²) >= 11 is 0. The second-order valence-corrected chi connectivity index (χ2v) is 5.24. The van der Waals surface area contributed by atoms with Crippen molar-refractivity contribution in [3.63, 3.8) is 0 Å². The number of hydrogen-bond donors (Lipinski definition) is 2. The Bertz CT molecular complexity index is 459. The smallest absolute Gasteiger partial charge is 0.250 e. The van der Waals surface area contributed by atoms with Crippen LogP contribution in [0.2, 0.25) is 0 Å². The maximum atomic E-state index is 11.0. The van der Waals surface area contributed by atoms with Gasteiger partial charge in [-0.15, -0.1) is 0 Å². The first-order valence-electron chi connectivity index (χ1n) is 6.40. The Hall–Kier alpha value is -1.62. The number of anilines is 1. The second-order valence-electron chi connectivity index (χ2n) is 5.24. The second kappa shape index (κ2) is 4.24. The Labute approximate surface area is 106 Å². The number of carbonyl (C=O) groups excluding carboxylic acids is 1. The summed E-state index contributed by atoms with van der Waals surface area (Å²) in [5, 5.41) is 3.44.